The summed E-state index contributed by atoms with van der Waals surface area (Å²) in [6.45, 7) is 2.64. The first-order valence-electron chi connectivity index (χ1n) is 9.38. The van der Waals surface area contributed by atoms with Crippen LogP contribution < -0.4 is 10.2 Å². The largest absolute Gasteiger partial charge is 0.359 e. The Kier molecular flexibility index (Phi) is 6.15. The molecule has 6 heteroatoms. The van der Waals surface area contributed by atoms with Gasteiger partial charge in [-0.25, -0.2) is 9.97 Å². The number of likely N-dealkylation sites (N-methyl/N-ethyl adjacent to an activating group) is 1. The molecule has 0 radical (unpaired) electrons. The Bertz CT molecular complexity index is 728. The van der Waals surface area contributed by atoms with Gasteiger partial charge in [0.2, 0.25) is 0 Å². The van der Waals surface area contributed by atoms with Crippen LogP contribution in [0.15, 0.2) is 30.6 Å². The second-order valence-electron chi connectivity index (χ2n) is 6.99. The molecular formula is C20H27N5O. The molecule has 0 spiro atoms. The number of amides is 1. The zero-order valence-corrected chi connectivity index (χ0v) is 15.6. The second-order valence-corrected chi connectivity index (χ2v) is 6.99. The fourth-order valence-electron chi connectivity index (χ4n) is 3.33. The van der Waals surface area contributed by atoms with Gasteiger partial charge in [0.1, 0.15) is 17.3 Å². The lowest BCUT2D eigenvalue weighted by atomic mass is 9.95. The van der Waals surface area contributed by atoms with Crippen molar-refractivity contribution in [1.29, 1.82) is 0 Å². The zero-order chi connectivity index (χ0) is 18.4. The van der Waals surface area contributed by atoms with E-state index in [0.717, 1.165) is 31.6 Å². The average molecular weight is 353 g/mol. The van der Waals surface area contributed by atoms with Crippen molar-refractivity contribution in [2.24, 2.45) is 0 Å². The van der Waals surface area contributed by atoms with E-state index in [-0.39, 0.29) is 11.9 Å². The first-order chi connectivity index (χ1) is 12.6. The van der Waals surface area contributed by atoms with Crippen LogP contribution in [0, 0.1) is 6.92 Å². The monoisotopic (exact) mass is 353 g/mol. The maximum Gasteiger partial charge on any atom is 0.270 e. The van der Waals surface area contributed by atoms with Crippen LogP contribution in [0.5, 0.6) is 0 Å². The van der Waals surface area contributed by atoms with Crippen molar-refractivity contribution in [2.75, 3.05) is 18.5 Å². The van der Waals surface area contributed by atoms with Crippen molar-refractivity contribution in [3.63, 3.8) is 0 Å². The molecule has 1 aliphatic carbocycles. The Labute approximate surface area is 155 Å². The molecule has 26 heavy (non-hydrogen) atoms. The molecular weight excluding hydrogens is 326 g/mol. The third kappa shape index (κ3) is 5.00. The van der Waals surface area contributed by atoms with Gasteiger partial charge in [0.05, 0.1) is 0 Å². The van der Waals surface area contributed by atoms with Crippen molar-refractivity contribution < 1.29 is 4.79 Å². The Hall–Kier alpha value is -2.50. The third-order valence-corrected chi connectivity index (χ3v) is 4.87. The fraction of sp³-hybridized carbons (Fsp3) is 0.500. The molecule has 6 nitrogen and oxygen atoms in total. The Morgan fingerprint density at radius 1 is 1.19 bits per heavy atom. The molecule has 0 bridgehead atoms. The Morgan fingerprint density at radius 3 is 2.65 bits per heavy atom. The highest BCUT2D eigenvalue weighted by atomic mass is 16.1. The summed E-state index contributed by atoms with van der Waals surface area (Å²) in [5, 5.41) is 3.13. The number of rotatable bonds is 6. The number of nitrogens with one attached hydrogen (secondary N) is 1. The molecule has 0 saturated heterocycles. The summed E-state index contributed by atoms with van der Waals surface area (Å²) in [4.78, 5) is 27.5. The number of pyridine rings is 1. The number of anilines is 1. The van der Waals surface area contributed by atoms with Gasteiger partial charge >= 0.3 is 0 Å². The van der Waals surface area contributed by atoms with Gasteiger partial charge in [-0.15, -0.1) is 0 Å². The molecule has 2 heterocycles. The minimum Gasteiger partial charge on any atom is -0.359 e. The highest BCUT2D eigenvalue weighted by molar-refractivity contribution is 5.93. The van der Waals surface area contributed by atoms with Gasteiger partial charge in [-0.2, -0.15) is 0 Å². The van der Waals surface area contributed by atoms with Crippen LogP contribution in [0.4, 0.5) is 5.82 Å². The quantitative estimate of drug-likeness (QED) is 0.864. The molecule has 1 N–H and O–H groups in total. The lowest BCUT2D eigenvalue weighted by molar-refractivity contribution is 0.0922. The highest BCUT2D eigenvalue weighted by Crippen LogP contribution is 2.18. The Morgan fingerprint density at radius 2 is 1.92 bits per heavy atom. The van der Waals surface area contributed by atoms with Crippen molar-refractivity contribution in [2.45, 2.75) is 51.5 Å². The SMILES string of the molecule is Cc1nc(C(=O)NC2CCCCC2)cc(N(C)CCc2ccncc2)n1. The summed E-state index contributed by atoms with van der Waals surface area (Å²) in [5.74, 6) is 1.30. The predicted octanol–water partition coefficient (Wildman–Crippen LogP) is 2.92. The zero-order valence-electron chi connectivity index (χ0n) is 15.6. The normalized spacial score (nSPS) is 14.8. The summed E-state index contributed by atoms with van der Waals surface area (Å²) in [6, 6.07) is 6.10. The van der Waals surface area contributed by atoms with E-state index in [1.54, 1.807) is 18.5 Å². The fourth-order valence-corrected chi connectivity index (χ4v) is 3.33. The smallest absolute Gasteiger partial charge is 0.270 e. The van der Waals surface area contributed by atoms with Gasteiger partial charge in [-0.1, -0.05) is 19.3 Å². The van der Waals surface area contributed by atoms with Gasteiger partial charge in [-0.3, -0.25) is 9.78 Å². The number of hydrogen-bond acceptors (Lipinski definition) is 5. The molecule has 2 aromatic rings. The number of carbonyl (C=O) groups excluding carboxylic acids is 1. The van der Waals surface area contributed by atoms with E-state index in [4.69, 9.17) is 0 Å². The van der Waals surface area contributed by atoms with E-state index in [2.05, 4.69) is 25.2 Å². The van der Waals surface area contributed by atoms with Gasteiger partial charge in [0.25, 0.3) is 5.91 Å². The van der Waals surface area contributed by atoms with Gasteiger partial charge in [0.15, 0.2) is 0 Å². The number of nitrogens with zero attached hydrogens (tertiary/aromatic N) is 4. The standard InChI is InChI=1S/C20H27N5O/c1-15-22-18(20(26)24-17-6-4-3-5-7-17)14-19(23-15)25(2)13-10-16-8-11-21-12-9-16/h8-9,11-12,14,17H,3-7,10,13H2,1-2H3,(H,24,26). The van der Waals surface area contributed by atoms with Crippen molar-refractivity contribution in [1.82, 2.24) is 20.3 Å². The third-order valence-electron chi connectivity index (χ3n) is 4.87. The minimum absolute atomic E-state index is 0.0915. The van der Waals surface area contributed by atoms with Crippen molar-refractivity contribution in [3.8, 4) is 0 Å². The average Bonchev–Trinajstić information content (AvgIpc) is 2.67. The summed E-state index contributed by atoms with van der Waals surface area (Å²) in [5.41, 5.74) is 1.68. The maximum atomic E-state index is 12.6. The topological polar surface area (TPSA) is 71.0 Å². The molecule has 1 amide bonds. The Balaban J connectivity index is 1.65. The van der Waals surface area contributed by atoms with Gasteiger partial charge in [0, 0.05) is 38.1 Å². The lowest BCUT2D eigenvalue weighted by Crippen LogP contribution is -2.37. The first-order valence-corrected chi connectivity index (χ1v) is 9.38. The van der Waals surface area contributed by atoms with E-state index in [0.29, 0.717) is 11.5 Å². The second kappa shape index (κ2) is 8.74. The predicted molar refractivity (Wildman–Crippen MR) is 102 cm³/mol. The van der Waals surface area contributed by atoms with Gasteiger partial charge in [-0.05, 0) is 43.9 Å². The van der Waals surface area contributed by atoms with Crippen LogP contribution in [0.2, 0.25) is 0 Å². The lowest BCUT2D eigenvalue weighted by Gasteiger charge is -2.23. The summed E-state index contributed by atoms with van der Waals surface area (Å²) in [6.07, 6.45) is 10.3. The molecule has 0 aromatic carbocycles. The molecule has 1 aliphatic rings. The molecule has 0 atom stereocenters. The molecule has 3 rings (SSSR count). The van der Waals surface area contributed by atoms with E-state index < -0.39 is 0 Å². The first kappa shape index (κ1) is 18.3. The molecule has 0 unspecified atom stereocenters. The summed E-state index contributed by atoms with van der Waals surface area (Å²) < 4.78 is 0. The minimum atomic E-state index is -0.0915. The molecule has 1 saturated carbocycles. The van der Waals surface area contributed by atoms with Crippen LogP contribution in [0.1, 0.15) is 54.0 Å². The summed E-state index contributed by atoms with van der Waals surface area (Å²) in [7, 11) is 1.99. The number of aromatic nitrogens is 3. The maximum absolute atomic E-state index is 12.6. The van der Waals surface area contributed by atoms with Crippen LogP contribution in [-0.4, -0.2) is 40.5 Å². The molecule has 0 aliphatic heterocycles. The van der Waals surface area contributed by atoms with Crippen LogP contribution in [0.25, 0.3) is 0 Å². The number of aryl methyl sites for hydroxylation is 1. The summed E-state index contributed by atoms with van der Waals surface area (Å²) >= 11 is 0. The van der Waals surface area contributed by atoms with E-state index >= 15 is 0 Å². The molecule has 138 valence electrons. The van der Waals surface area contributed by atoms with Crippen LogP contribution >= 0.6 is 0 Å². The van der Waals surface area contributed by atoms with Gasteiger partial charge < -0.3 is 10.2 Å². The van der Waals surface area contributed by atoms with Crippen LogP contribution in [-0.2, 0) is 6.42 Å². The number of carbonyl (C=O) groups is 1. The molecule has 2 aromatic heterocycles. The number of hydrogen-bond donors (Lipinski definition) is 1. The van der Waals surface area contributed by atoms with E-state index in [9.17, 15) is 4.79 Å². The molecule has 1 fully saturated rings. The highest BCUT2D eigenvalue weighted by Gasteiger charge is 2.19. The van der Waals surface area contributed by atoms with E-state index in [1.807, 2.05) is 26.1 Å². The van der Waals surface area contributed by atoms with E-state index in [1.165, 1.54) is 24.8 Å². The van der Waals surface area contributed by atoms with Crippen molar-refractivity contribution >= 4 is 11.7 Å². The van der Waals surface area contributed by atoms with Crippen LogP contribution in [0.3, 0.4) is 0 Å². The van der Waals surface area contributed by atoms with Crippen molar-refractivity contribution in [3.05, 3.63) is 47.7 Å².